The first kappa shape index (κ1) is 13.8. The molecule has 1 N–H and O–H groups in total. The zero-order valence-corrected chi connectivity index (χ0v) is 12.6. The normalized spacial score (nSPS) is 11.0. The number of nitrogens with one attached hydrogen (secondary N) is 1. The highest BCUT2D eigenvalue weighted by atomic mass is 32.1. The van der Waals surface area contributed by atoms with Crippen LogP contribution in [0.5, 0.6) is 5.75 Å². The monoisotopic (exact) mass is 302 g/mol. The summed E-state index contributed by atoms with van der Waals surface area (Å²) in [6.07, 6.45) is 0. The molecular weight excluding hydrogens is 287 g/mol. The Kier molecular flexibility index (Phi) is 3.51. The molecule has 3 rings (SSSR count). The van der Waals surface area contributed by atoms with Crippen molar-refractivity contribution in [2.75, 3.05) is 7.11 Å². The molecule has 108 valence electrons. The van der Waals surface area contributed by atoms with E-state index in [-0.39, 0.29) is 5.82 Å². The fourth-order valence-electron chi connectivity index (χ4n) is 2.39. The second-order valence-corrected chi connectivity index (χ2v) is 5.37. The Balaban J connectivity index is 2.09. The molecule has 3 aromatic rings. The molecule has 0 aliphatic heterocycles. The molecule has 0 saturated heterocycles. The Morgan fingerprint density at radius 1 is 1.29 bits per heavy atom. The number of rotatable bonds is 3. The molecule has 1 heterocycles. The number of hydrogen-bond donors (Lipinski definition) is 1. The fraction of sp³-hybridized carbons (Fsp3) is 0.188. The summed E-state index contributed by atoms with van der Waals surface area (Å²) < 4.78 is 21.4. The van der Waals surface area contributed by atoms with E-state index in [0.717, 1.165) is 16.8 Å². The molecule has 0 aliphatic rings. The molecule has 0 amide bonds. The molecule has 1 aromatic heterocycles. The standard InChI is InChI=1S/C16H15FN2OS/c1-10-6-15-14(8-13(10)17)18-16(21)19(15)9-11-4-3-5-12(7-11)20-2/h3-8H,9H2,1-2H3,(H,18,21). The number of aromatic amines is 1. The lowest BCUT2D eigenvalue weighted by Crippen LogP contribution is -2.00. The second kappa shape index (κ2) is 5.33. The highest BCUT2D eigenvalue weighted by Gasteiger charge is 2.09. The van der Waals surface area contributed by atoms with Crippen molar-refractivity contribution < 1.29 is 9.13 Å². The highest BCUT2D eigenvalue weighted by molar-refractivity contribution is 7.71. The molecule has 0 spiro atoms. The van der Waals surface area contributed by atoms with Crippen molar-refractivity contribution in [2.24, 2.45) is 0 Å². The topological polar surface area (TPSA) is 29.9 Å². The third kappa shape index (κ3) is 2.56. The van der Waals surface area contributed by atoms with Crippen LogP contribution in [-0.2, 0) is 6.54 Å². The number of aromatic nitrogens is 2. The third-order valence-corrected chi connectivity index (χ3v) is 3.85. The van der Waals surface area contributed by atoms with Crippen LogP contribution in [0.4, 0.5) is 4.39 Å². The van der Waals surface area contributed by atoms with Gasteiger partial charge in [0.25, 0.3) is 0 Å². The highest BCUT2D eigenvalue weighted by Crippen LogP contribution is 2.21. The van der Waals surface area contributed by atoms with Gasteiger partial charge in [0.05, 0.1) is 24.7 Å². The number of benzene rings is 2. The second-order valence-electron chi connectivity index (χ2n) is 4.99. The maximum absolute atomic E-state index is 13.6. The number of ether oxygens (including phenoxy) is 1. The van der Waals surface area contributed by atoms with Gasteiger partial charge in [-0.15, -0.1) is 0 Å². The fourth-order valence-corrected chi connectivity index (χ4v) is 2.67. The first-order valence-corrected chi connectivity index (χ1v) is 7.01. The molecule has 0 atom stereocenters. The molecule has 0 bridgehead atoms. The van der Waals surface area contributed by atoms with Crippen LogP contribution in [0.15, 0.2) is 36.4 Å². The van der Waals surface area contributed by atoms with Crippen LogP contribution in [0, 0.1) is 17.5 Å². The average molecular weight is 302 g/mol. The molecule has 0 unspecified atom stereocenters. The Morgan fingerprint density at radius 3 is 2.86 bits per heavy atom. The van der Waals surface area contributed by atoms with Gasteiger partial charge in [0.15, 0.2) is 4.77 Å². The largest absolute Gasteiger partial charge is 0.497 e. The van der Waals surface area contributed by atoms with Crippen molar-refractivity contribution in [3.63, 3.8) is 0 Å². The molecule has 0 fully saturated rings. The van der Waals surface area contributed by atoms with Gasteiger partial charge in [0.2, 0.25) is 0 Å². The zero-order valence-electron chi connectivity index (χ0n) is 11.8. The number of fused-ring (bicyclic) bond motifs is 1. The Labute approximate surface area is 127 Å². The van der Waals surface area contributed by atoms with Crippen molar-refractivity contribution in [3.05, 3.63) is 58.1 Å². The summed E-state index contributed by atoms with van der Waals surface area (Å²) in [4.78, 5) is 3.05. The summed E-state index contributed by atoms with van der Waals surface area (Å²) in [5.41, 5.74) is 3.30. The van der Waals surface area contributed by atoms with E-state index in [9.17, 15) is 4.39 Å². The Morgan fingerprint density at radius 2 is 2.10 bits per heavy atom. The van der Waals surface area contributed by atoms with E-state index in [0.29, 0.717) is 22.4 Å². The van der Waals surface area contributed by atoms with Crippen molar-refractivity contribution in [1.29, 1.82) is 0 Å². The van der Waals surface area contributed by atoms with Gasteiger partial charge in [-0.3, -0.25) is 0 Å². The van der Waals surface area contributed by atoms with Gasteiger partial charge >= 0.3 is 0 Å². The number of aryl methyl sites for hydroxylation is 1. The van der Waals surface area contributed by atoms with Crippen LogP contribution in [-0.4, -0.2) is 16.7 Å². The predicted molar refractivity (Wildman–Crippen MR) is 83.9 cm³/mol. The number of halogens is 1. The van der Waals surface area contributed by atoms with E-state index in [2.05, 4.69) is 4.98 Å². The predicted octanol–water partition coefficient (Wildman–Crippen LogP) is 4.20. The summed E-state index contributed by atoms with van der Waals surface area (Å²) in [7, 11) is 1.64. The number of hydrogen-bond acceptors (Lipinski definition) is 2. The SMILES string of the molecule is COc1cccc(Cn2c(=S)[nH]c3cc(F)c(C)cc32)c1. The summed E-state index contributed by atoms with van der Waals surface area (Å²) in [6.45, 7) is 2.36. The van der Waals surface area contributed by atoms with E-state index in [1.165, 1.54) is 6.07 Å². The number of imidazole rings is 1. The van der Waals surface area contributed by atoms with Crippen LogP contribution < -0.4 is 4.74 Å². The van der Waals surface area contributed by atoms with Crippen LogP contribution in [0.3, 0.4) is 0 Å². The first-order valence-electron chi connectivity index (χ1n) is 6.60. The van der Waals surface area contributed by atoms with Crippen molar-refractivity contribution in [1.82, 2.24) is 9.55 Å². The van der Waals surface area contributed by atoms with E-state index in [1.807, 2.05) is 34.9 Å². The molecule has 0 aliphatic carbocycles. The van der Waals surface area contributed by atoms with Gasteiger partial charge in [-0.25, -0.2) is 4.39 Å². The van der Waals surface area contributed by atoms with Gasteiger partial charge < -0.3 is 14.3 Å². The van der Waals surface area contributed by atoms with Crippen LogP contribution in [0.1, 0.15) is 11.1 Å². The van der Waals surface area contributed by atoms with Gasteiger partial charge in [-0.2, -0.15) is 0 Å². The van der Waals surface area contributed by atoms with Crippen LogP contribution in [0.25, 0.3) is 11.0 Å². The lowest BCUT2D eigenvalue weighted by Gasteiger charge is -2.07. The summed E-state index contributed by atoms with van der Waals surface area (Å²) in [5.74, 6) is 0.577. The molecule has 2 aromatic carbocycles. The number of methoxy groups -OCH3 is 1. The van der Waals surface area contributed by atoms with Crippen molar-refractivity contribution in [3.8, 4) is 5.75 Å². The Bertz CT molecular complexity index is 866. The molecule has 21 heavy (non-hydrogen) atoms. The lowest BCUT2D eigenvalue weighted by atomic mass is 10.2. The molecule has 5 heteroatoms. The lowest BCUT2D eigenvalue weighted by molar-refractivity contribution is 0.414. The maximum Gasteiger partial charge on any atom is 0.178 e. The van der Waals surface area contributed by atoms with Crippen molar-refractivity contribution in [2.45, 2.75) is 13.5 Å². The van der Waals surface area contributed by atoms with E-state index < -0.39 is 0 Å². The summed E-state index contributed by atoms with van der Waals surface area (Å²) in [5, 5.41) is 0. The van der Waals surface area contributed by atoms with Gasteiger partial charge in [-0.05, 0) is 54.5 Å². The van der Waals surface area contributed by atoms with Crippen LogP contribution >= 0.6 is 12.2 Å². The van der Waals surface area contributed by atoms with E-state index in [4.69, 9.17) is 17.0 Å². The summed E-state index contributed by atoms with van der Waals surface area (Å²) in [6, 6.07) is 11.1. The first-order chi connectivity index (χ1) is 10.1. The number of nitrogens with zero attached hydrogens (tertiary/aromatic N) is 1. The molecule has 0 saturated carbocycles. The zero-order chi connectivity index (χ0) is 15.0. The summed E-state index contributed by atoms with van der Waals surface area (Å²) >= 11 is 5.35. The van der Waals surface area contributed by atoms with Gasteiger partial charge in [0, 0.05) is 0 Å². The maximum atomic E-state index is 13.6. The minimum atomic E-state index is -0.229. The quantitative estimate of drug-likeness (QED) is 0.735. The average Bonchev–Trinajstić information content (AvgIpc) is 2.76. The third-order valence-electron chi connectivity index (χ3n) is 3.53. The van der Waals surface area contributed by atoms with Crippen molar-refractivity contribution >= 4 is 23.3 Å². The van der Waals surface area contributed by atoms with E-state index in [1.54, 1.807) is 14.0 Å². The number of H-pyrrole nitrogens is 1. The molecule has 0 radical (unpaired) electrons. The van der Waals surface area contributed by atoms with Crippen LogP contribution in [0.2, 0.25) is 0 Å². The minimum Gasteiger partial charge on any atom is -0.497 e. The Hall–Kier alpha value is -2.14. The van der Waals surface area contributed by atoms with Gasteiger partial charge in [-0.1, -0.05) is 12.1 Å². The van der Waals surface area contributed by atoms with E-state index >= 15 is 0 Å². The smallest absolute Gasteiger partial charge is 0.178 e. The molecule has 3 nitrogen and oxygen atoms in total. The minimum absolute atomic E-state index is 0.229. The van der Waals surface area contributed by atoms with Gasteiger partial charge in [0.1, 0.15) is 11.6 Å². The molecular formula is C16H15FN2OS.